The van der Waals surface area contributed by atoms with E-state index in [0.717, 1.165) is 25.7 Å². The van der Waals surface area contributed by atoms with Crippen molar-refractivity contribution in [1.82, 2.24) is 20.9 Å². The Morgan fingerprint density at radius 3 is 2.36 bits per heavy atom. The summed E-state index contributed by atoms with van der Waals surface area (Å²) in [6.07, 6.45) is 5.33. The van der Waals surface area contributed by atoms with Crippen molar-refractivity contribution in [3.63, 3.8) is 0 Å². The van der Waals surface area contributed by atoms with Gasteiger partial charge in [0.25, 0.3) is 5.91 Å². The molecule has 3 N–H and O–H groups in total. The van der Waals surface area contributed by atoms with Crippen LogP contribution in [0, 0.1) is 29.1 Å². The van der Waals surface area contributed by atoms with Crippen LogP contribution in [0.4, 0.5) is 4.79 Å². The fourth-order valence-electron chi connectivity index (χ4n) is 6.30. The number of hydrogen-bond acceptors (Lipinski definition) is 6. The van der Waals surface area contributed by atoms with E-state index in [0.29, 0.717) is 19.4 Å². The second-order valence-electron chi connectivity index (χ2n) is 12.3. The highest BCUT2D eigenvalue weighted by Gasteiger charge is 2.69. The number of ether oxygens (including phenoxy) is 1. The van der Waals surface area contributed by atoms with Crippen LogP contribution >= 0.6 is 0 Å². The van der Waals surface area contributed by atoms with E-state index in [1.165, 1.54) is 6.08 Å². The molecule has 1 aliphatic heterocycles. The van der Waals surface area contributed by atoms with Crippen molar-refractivity contribution >= 4 is 29.6 Å². The first kappa shape index (κ1) is 30.6. The first-order chi connectivity index (χ1) is 18.4. The standard InChI is InChI=1S/C29H46N4O6/c1-7-11-20(24(34)26(36)30-14-8-2)31-25(35)23-21-19(29(21,5)6)15-33(23)27(37)22(18-12-9-10-13-18)32-28(38)39-16-17(3)4/h8,17-23H,2,7,9-16H2,1,3-6H3,(H,30,36)(H,31,35)(H,32,38)/t19-,20?,21-,22-,23-/m0/s1. The molecule has 39 heavy (non-hydrogen) atoms. The number of piperidine rings is 1. The van der Waals surface area contributed by atoms with Crippen molar-refractivity contribution in [2.45, 2.75) is 91.3 Å². The summed E-state index contributed by atoms with van der Waals surface area (Å²) in [7, 11) is 0. The molecule has 3 rings (SSSR count). The Hall–Kier alpha value is -2.91. The average Bonchev–Trinajstić information content (AvgIpc) is 3.35. The monoisotopic (exact) mass is 546 g/mol. The molecule has 5 atom stereocenters. The minimum Gasteiger partial charge on any atom is -0.449 e. The van der Waals surface area contributed by atoms with E-state index in [-0.39, 0.29) is 48.1 Å². The number of amides is 4. The van der Waals surface area contributed by atoms with Gasteiger partial charge in [-0.25, -0.2) is 4.79 Å². The molecule has 0 bridgehead atoms. The lowest BCUT2D eigenvalue weighted by Gasteiger charge is -2.35. The van der Waals surface area contributed by atoms with Gasteiger partial charge in [0.1, 0.15) is 12.1 Å². The molecule has 2 aliphatic carbocycles. The third-order valence-electron chi connectivity index (χ3n) is 8.56. The van der Waals surface area contributed by atoms with E-state index in [1.807, 2.05) is 20.8 Å². The zero-order valence-corrected chi connectivity index (χ0v) is 24.1. The summed E-state index contributed by atoms with van der Waals surface area (Å²) in [6, 6.07) is -2.54. The van der Waals surface area contributed by atoms with Crippen molar-refractivity contribution in [3.8, 4) is 0 Å². The summed E-state index contributed by atoms with van der Waals surface area (Å²) in [5, 5.41) is 8.09. The molecular weight excluding hydrogens is 500 g/mol. The molecular formula is C29H46N4O6. The SMILES string of the molecule is C=CCNC(=O)C(=O)C(CCC)NC(=O)[C@@H]1[C@@H]2[C@H](CN1C(=O)[C@@H](NC(=O)OCC(C)C)C1CCCC1)C2(C)C. The number of carbonyl (C=O) groups is 5. The van der Waals surface area contributed by atoms with Crippen LogP contribution in [-0.4, -0.2) is 72.3 Å². The van der Waals surface area contributed by atoms with Crippen molar-refractivity contribution < 1.29 is 28.7 Å². The third kappa shape index (κ3) is 7.00. The summed E-state index contributed by atoms with van der Waals surface area (Å²) in [4.78, 5) is 67.1. The van der Waals surface area contributed by atoms with Crippen LogP contribution in [0.2, 0.25) is 0 Å². The molecule has 2 saturated carbocycles. The largest absolute Gasteiger partial charge is 0.449 e. The van der Waals surface area contributed by atoms with E-state index in [2.05, 4.69) is 36.4 Å². The number of rotatable bonds is 13. The number of carbonyl (C=O) groups excluding carboxylic acids is 5. The number of nitrogens with one attached hydrogen (secondary N) is 3. The molecule has 3 aliphatic rings. The van der Waals surface area contributed by atoms with Crippen LogP contribution < -0.4 is 16.0 Å². The van der Waals surface area contributed by atoms with E-state index in [4.69, 9.17) is 4.74 Å². The van der Waals surface area contributed by atoms with Crippen LogP contribution in [0.15, 0.2) is 12.7 Å². The number of nitrogens with zero attached hydrogens (tertiary/aromatic N) is 1. The van der Waals surface area contributed by atoms with E-state index >= 15 is 0 Å². The van der Waals surface area contributed by atoms with Gasteiger partial charge in [-0.15, -0.1) is 6.58 Å². The Balaban J connectivity index is 1.80. The molecule has 10 nitrogen and oxygen atoms in total. The van der Waals surface area contributed by atoms with E-state index in [9.17, 15) is 24.0 Å². The first-order valence-corrected chi connectivity index (χ1v) is 14.4. The van der Waals surface area contributed by atoms with Gasteiger partial charge >= 0.3 is 6.09 Å². The van der Waals surface area contributed by atoms with Gasteiger partial charge in [0.05, 0.1) is 12.6 Å². The summed E-state index contributed by atoms with van der Waals surface area (Å²) in [5.74, 6) is -1.99. The highest BCUT2D eigenvalue weighted by Crippen LogP contribution is 2.65. The maximum absolute atomic E-state index is 14.0. The van der Waals surface area contributed by atoms with Crippen LogP contribution in [0.1, 0.15) is 73.1 Å². The van der Waals surface area contributed by atoms with Gasteiger partial charge in [-0.2, -0.15) is 0 Å². The number of Topliss-reactive ketones (excluding diaryl/α,β-unsaturated/α-hetero) is 1. The summed E-state index contributed by atoms with van der Waals surface area (Å²) in [5.41, 5.74) is -0.128. The van der Waals surface area contributed by atoms with Gasteiger partial charge in [0, 0.05) is 13.1 Å². The molecule has 10 heteroatoms. The molecule has 4 amide bonds. The molecule has 1 heterocycles. The minimum atomic E-state index is -0.986. The topological polar surface area (TPSA) is 134 Å². The first-order valence-electron chi connectivity index (χ1n) is 14.4. The Morgan fingerprint density at radius 2 is 1.77 bits per heavy atom. The quantitative estimate of drug-likeness (QED) is 0.240. The molecule has 1 saturated heterocycles. The van der Waals surface area contributed by atoms with Crippen LogP contribution in [0.3, 0.4) is 0 Å². The smallest absolute Gasteiger partial charge is 0.407 e. The van der Waals surface area contributed by atoms with E-state index in [1.54, 1.807) is 4.90 Å². The zero-order chi connectivity index (χ0) is 28.9. The lowest BCUT2D eigenvalue weighted by Crippen LogP contribution is -2.59. The zero-order valence-electron chi connectivity index (χ0n) is 24.1. The summed E-state index contributed by atoms with van der Waals surface area (Å²) in [6.45, 7) is 14.3. The third-order valence-corrected chi connectivity index (χ3v) is 8.56. The molecule has 0 spiro atoms. The van der Waals surface area contributed by atoms with Gasteiger partial charge < -0.3 is 25.6 Å². The maximum atomic E-state index is 14.0. The van der Waals surface area contributed by atoms with Crippen molar-refractivity contribution in [2.24, 2.45) is 29.1 Å². The normalized spacial score (nSPS) is 24.9. The summed E-state index contributed by atoms with van der Waals surface area (Å²) < 4.78 is 5.32. The second-order valence-corrected chi connectivity index (χ2v) is 12.3. The lowest BCUT2D eigenvalue weighted by atomic mass is 9.94. The number of likely N-dealkylation sites (tertiary alicyclic amines) is 1. The number of hydrogen-bond donors (Lipinski definition) is 3. The Labute approximate surface area is 232 Å². The predicted octanol–water partition coefficient (Wildman–Crippen LogP) is 2.57. The minimum absolute atomic E-state index is 0.0271. The van der Waals surface area contributed by atoms with Crippen molar-refractivity contribution in [1.29, 1.82) is 0 Å². The van der Waals surface area contributed by atoms with Gasteiger partial charge in [-0.3, -0.25) is 19.2 Å². The van der Waals surface area contributed by atoms with Gasteiger partial charge in [-0.1, -0.05) is 60.0 Å². The Morgan fingerprint density at radius 1 is 1.10 bits per heavy atom. The van der Waals surface area contributed by atoms with Crippen molar-refractivity contribution in [2.75, 3.05) is 19.7 Å². The molecule has 3 fully saturated rings. The molecule has 1 unspecified atom stereocenters. The van der Waals surface area contributed by atoms with Crippen molar-refractivity contribution in [3.05, 3.63) is 12.7 Å². The predicted molar refractivity (Wildman–Crippen MR) is 146 cm³/mol. The molecule has 0 aromatic rings. The average molecular weight is 547 g/mol. The van der Waals surface area contributed by atoms with Gasteiger partial charge in [0.15, 0.2) is 0 Å². The second kappa shape index (κ2) is 13.0. The summed E-state index contributed by atoms with van der Waals surface area (Å²) >= 11 is 0. The van der Waals surface area contributed by atoms with Crippen LogP contribution in [0.25, 0.3) is 0 Å². The Bertz CT molecular complexity index is 957. The Kier molecular flexibility index (Phi) is 10.2. The number of ketones is 1. The van der Waals surface area contributed by atoms with Crippen LogP contribution in [0.5, 0.6) is 0 Å². The highest BCUT2D eigenvalue weighted by molar-refractivity contribution is 6.38. The molecule has 218 valence electrons. The molecule has 0 aromatic heterocycles. The van der Waals surface area contributed by atoms with Gasteiger partial charge in [-0.05, 0) is 48.3 Å². The fourth-order valence-corrected chi connectivity index (χ4v) is 6.30. The fraction of sp³-hybridized carbons (Fsp3) is 0.759. The number of alkyl carbamates (subject to hydrolysis) is 1. The van der Waals surface area contributed by atoms with E-state index < -0.39 is 41.8 Å². The van der Waals surface area contributed by atoms with Crippen LogP contribution in [-0.2, 0) is 23.9 Å². The maximum Gasteiger partial charge on any atom is 0.407 e. The highest BCUT2D eigenvalue weighted by atomic mass is 16.5. The number of fused-ring (bicyclic) bond motifs is 1. The molecule has 0 radical (unpaired) electrons. The van der Waals surface area contributed by atoms with Gasteiger partial charge in [0.2, 0.25) is 17.6 Å². The molecule has 0 aromatic carbocycles. The lowest BCUT2D eigenvalue weighted by molar-refractivity contribution is -0.144.